The molecule has 1 unspecified atom stereocenters. The van der Waals surface area contributed by atoms with Crippen LogP contribution < -0.4 is 11.1 Å². The summed E-state index contributed by atoms with van der Waals surface area (Å²) in [5.74, 6) is 0.660. The molecule has 0 radical (unpaired) electrons. The molecule has 4 heteroatoms. The third-order valence-electron chi connectivity index (χ3n) is 2.74. The topological polar surface area (TPSA) is 63.8 Å². The molecule has 0 saturated heterocycles. The number of fused-ring (bicyclic) bond motifs is 1. The Kier molecular flexibility index (Phi) is 3.88. The van der Waals surface area contributed by atoms with Crippen molar-refractivity contribution in [3.05, 3.63) is 30.5 Å². The van der Waals surface area contributed by atoms with Crippen molar-refractivity contribution in [2.24, 2.45) is 5.73 Å². The first-order valence-corrected chi connectivity index (χ1v) is 6.02. The van der Waals surface area contributed by atoms with Crippen LogP contribution in [0.4, 0.5) is 5.95 Å². The lowest BCUT2D eigenvalue weighted by Crippen LogP contribution is -2.29. The summed E-state index contributed by atoms with van der Waals surface area (Å²) in [6.07, 6.45) is 3.97. The maximum atomic E-state index is 5.70. The van der Waals surface area contributed by atoms with Gasteiger partial charge in [-0.05, 0) is 12.5 Å². The lowest BCUT2D eigenvalue weighted by atomic mass is 10.2. The molecule has 17 heavy (non-hydrogen) atoms. The Morgan fingerprint density at radius 1 is 1.35 bits per heavy atom. The van der Waals surface area contributed by atoms with E-state index in [9.17, 15) is 0 Å². The summed E-state index contributed by atoms with van der Waals surface area (Å²) in [5, 5.41) is 4.33. The maximum absolute atomic E-state index is 5.70. The Morgan fingerprint density at radius 2 is 2.18 bits per heavy atom. The van der Waals surface area contributed by atoms with E-state index in [0.29, 0.717) is 12.5 Å². The normalized spacial score (nSPS) is 12.6. The van der Waals surface area contributed by atoms with Crippen LogP contribution in [0.2, 0.25) is 0 Å². The molecular weight excluding hydrogens is 212 g/mol. The van der Waals surface area contributed by atoms with Gasteiger partial charge in [0.25, 0.3) is 0 Å². The highest BCUT2D eigenvalue weighted by molar-refractivity contribution is 5.78. The van der Waals surface area contributed by atoms with Crippen LogP contribution >= 0.6 is 0 Å². The number of aromatic nitrogens is 2. The van der Waals surface area contributed by atoms with E-state index in [4.69, 9.17) is 5.73 Å². The molecule has 0 spiro atoms. The summed E-state index contributed by atoms with van der Waals surface area (Å²) in [5.41, 5.74) is 6.66. The number of anilines is 1. The average molecular weight is 230 g/mol. The minimum absolute atomic E-state index is 0.251. The van der Waals surface area contributed by atoms with Gasteiger partial charge in [0.1, 0.15) is 0 Å². The third kappa shape index (κ3) is 2.91. The van der Waals surface area contributed by atoms with Crippen LogP contribution in [0.3, 0.4) is 0 Å². The molecule has 1 aromatic heterocycles. The molecule has 2 rings (SSSR count). The molecule has 1 aromatic carbocycles. The number of hydrogen-bond acceptors (Lipinski definition) is 4. The van der Waals surface area contributed by atoms with E-state index in [0.717, 1.165) is 23.7 Å². The Balaban J connectivity index is 2.18. The monoisotopic (exact) mass is 230 g/mol. The summed E-state index contributed by atoms with van der Waals surface area (Å²) in [7, 11) is 0. The summed E-state index contributed by atoms with van der Waals surface area (Å²) in [4.78, 5) is 8.77. The Labute approximate surface area is 101 Å². The fourth-order valence-corrected chi connectivity index (χ4v) is 1.82. The summed E-state index contributed by atoms with van der Waals surface area (Å²) < 4.78 is 0. The largest absolute Gasteiger partial charge is 0.350 e. The van der Waals surface area contributed by atoms with Crippen molar-refractivity contribution in [2.75, 3.05) is 11.9 Å². The van der Waals surface area contributed by atoms with Crippen molar-refractivity contribution >= 4 is 16.9 Å². The molecule has 1 heterocycles. The molecule has 0 aliphatic heterocycles. The van der Waals surface area contributed by atoms with E-state index in [-0.39, 0.29) is 6.04 Å². The first kappa shape index (κ1) is 11.8. The Morgan fingerprint density at radius 3 is 2.94 bits per heavy atom. The maximum Gasteiger partial charge on any atom is 0.223 e. The molecule has 0 aliphatic carbocycles. The van der Waals surface area contributed by atoms with Crippen LogP contribution in [-0.2, 0) is 0 Å². The Hall–Kier alpha value is -1.68. The van der Waals surface area contributed by atoms with Crippen LogP contribution in [0.25, 0.3) is 10.9 Å². The van der Waals surface area contributed by atoms with Gasteiger partial charge in [-0.25, -0.2) is 9.97 Å². The van der Waals surface area contributed by atoms with E-state index in [1.807, 2.05) is 30.5 Å². The van der Waals surface area contributed by atoms with Gasteiger partial charge < -0.3 is 11.1 Å². The minimum atomic E-state index is 0.251. The van der Waals surface area contributed by atoms with Crippen molar-refractivity contribution < 1.29 is 0 Å². The highest BCUT2D eigenvalue weighted by atomic mass is 15.1. The molecule has 0 saturated carbocycles. The van der Waals surface area contributed by atoms with Crippen LogP contribution in [-0.4, -0.2) is 22.6 Å². The quantitative estimate of drug-likeness (QED) is 0.826. The van der Waals surface area contributed by atoms with Gasteiger partial charge in [-0.15, -0.1) is 0 Å². The van der Waals surface area contributed by atoms with Crippen LogP contribution in [0.1, 0.15) is 19.8 Å². The van der Waals surface area contributed by atoms with Gasteiger partial charge in [0, 0.05) is 24.2 Å². The van der Waals surface area contributed by atoms with Crippen molar-refractivity contribution in [3.8, 4) is 0 Å². The van der Waals surface area contributed by atoms with Crippen molar-refractivity contribution in [1.82, 2.24) is 9.97 Å². The first-order chi connectivity index (χ1) is 8.33. The zero-order chi connectivity index (χ0) is 12.1. The summed E-state index contributed by atoms with van der Waals surface area (Å²) in [6, 6.07) is 8.20. The summed E-state index contributed by atoms with van der Waals surface area (Å²) in [6.45, 7) is 2.75. The molecule has 4 nitrogen and oxygen atoms in total. The number of para-hydroxylation sites is 1. The molecule has 0 amide bonds. The van der Waals surface area contributed by atoms with Gasteiger partial charge in [0.2, 0.25) is 5.95 Å². The number of rotatable bonds is 5. The number of benzene rings is 1. The molecule has 0 aliphatic rings. The lowest BCUT2D eigenvalue weighted by molar-refractivity contribution is 0.643. The molecule has 3 N–H and O–H groups in total. The van der Waals surface area contributed by atoms with Gasteiger partial charge in [0.15, 0.2) is 0 Å². The minimum Gasteiger partial charge on any atom is -0.350 e. The van der Waals surface area contributed by atoms with Crippen LogP contribution in [0.5, 0.6) is 0 Å². The fraction of sp³-hybridized carbons (Fsp3) is 0.385. The molecule has 2 aromatic rings. The van der Waals surface area contributed by atoms with Crippen molar-refractivity contribution in [1.29, 1.82) is 0 Å². The number of nitrogens with two attached hydrogens (primary N) is 1. The molecule has 0 fully saturated rings. The zero-order valence-corrected chi connectivity index (χ0v) is 10.1. The van der Waals surface area contributed by atoms with E-state index in [1.165, 1.54) is 0 Å². The van der Waals surface area contributed by atoms with E-state index >= 15 is 0 Å². The van der Waals surface area contributed by atoms with E-state index < -0.39 is 0 Å². The number of nitrogens with zero attached hydrogens (tertiary/aromatic N) is 2. The lowest BCUT2D eigenvalue weighted by Gasteiger charge is -2.15. The van der Waals surface area contributed by atoms with Gasteiger partial charge in [0.05, 0.1) is 5.52 Å². The molecular formula is C13H18N4. The summed E-state index contributed by atoms with van der Waals surface area (Å²) >= 11 is 0. The predicted octanol–water partition coefficient (Wildman–Crippen LogP) is 2.17. The van der Waals surface area contributed by atoms with E-state index in [1.54, 1.807) is 0 Å². The van der Waals surface area contributed by atoms with Crippen molar-refractivity contribution in [3.63, 3.8) is 0 Å². The number of hydrogen-bond donors (Lipinski definition) is 2. The highest BCUT2D eigenvalue weighted by Gasteiger charge is 2.07. The molecule has 90 valence electrons. The first-order valence-electron chi connectivity index (χ1n) is 6.02. The van der Waals surface area contributed by atoms with E-state index in [2.05, 4.69) is 22.2 Å². The smallest absolute Gasteiger partial charge is 0.223 e. The second kappa shape index (κ2) is 5.59. The van der Waals surface area contributed by atoms with Crippen molar-refractivity contribution in [2.45, 2.75) is 25.8 Å². The molecule has 1 atom stereocenters. The SMILES string of the molecule is CCCC(CN)Nc1ncc2ccccc2n1. The average Bonchev–Trinajstić information content (AvgIpc) is 2.38. The standard InChI is InChI=1S/C13H18N4/c1-2-5-11(8-14)16-13-15-9-10-6-3-4-7-12(10)17-13/h3-4,6-7,9,11H,2,5,8,14H2,1H3,(H,15,16,17). The van der Waals surface area contributed by atoms with Gasteiger partial charge in [-0.1, -0.05) is 31.5 Å². The third-order valence-corrected chi connectivity index (χ3v) is 2.74. The number of nitrogens with one attached hydrogen (secondary N) is 1. The van der Waals surface area contributed by atoms with Gasteiger partial charge in [-0.2, -0.15) is 0 Å². The van der Waals surface area contributed by atoms with Gasteiger partial charge in [-0.3, -0.25) is 0 Å². The van der Waals surface area contributed by atoms with Crippen LogP contribution in [0.15, 0.2) is 30.5 Å². The second-order valence-electron chi connectivity index (χ2n) is 4.12. The highest BCUT2D eigenvalue weighted by Crippen LogP contribution is 2.12. The zero-order valence-electron chi connectivity index (χ0n) is 10.1. The second-order valence-corrected chi connectivity index (χ2v) is 4.12. The fourth-order valence-electron chi connectivity index (χ4n) is 1.82. The Bertz CT molecular complexity index is 484. The van der Waals surface area contributed by atoms with Gasteiger partial charge >= 0.3 is 0 Å². The molecule has 0 bridgehead atoms. The van der Waals surface area contributed by atoms with Crippen LogP contribution in [0, 0.1) is 0 Å². The predicted molar refractivity (Wildman–Crippen MR) is 70.9 cm³/mol.